The fourth-order valence-electron chi connectivity index (χ4n) is 5.17. The van der Waals surface area contributed by atoms with Crippen molar-refractivity contribution >= 4 is 30.9 Å². The smallest absolute Gasteiger partial charge is 0.411 e. The minimum absolute atomic E-state index is 0.391. The average Bonchev–Trinajstić information content (AvgIpc) is 3.06. The first kappa shape index (κ1) is 23.1. The molecule has 1 amide bonds. The van der Waals surface area contributed by atoms with Crippen molar-refractivity contribution in [1.29, 1.82) is 0 Å². The molecule has 2 atom stereocenters. The van der Waals surface area contributed by atoms with E-state index >= 15 is 0 Å². The van der Waals surface area contributed by atoms with Gasteiger partial charge >= 0.3 is 6.09 Å². The molecule has 3 aromatic rings. The first-order valence-electron chi connectivity index (χ1n) is 12.1. The summed E-state index contributed by atoms with van der Waals surface area (Å²) in [6, 6.07) is 4.93. The number of imidazole rings is 1. The molecule has 2 aromatic heterocycles. The molecule has 0 radical (unpaired) electrons. The van der Waals surface area contributed by atoms with Crippen LogP contribution < -0.4 is 4.90 Å². The second kappa shape index (κ2) is 7.95. The van der Waals surface area contributed by atoms with Gasteiger partial charge in [-0.15, -0.1) is 0 Å². The van der Waals surface area contributed by atoms with Crippen molar-refractivity contribution in [2.45, 2.75) is 65.5 Å². The molecular formula is C25H35N5O3Si. The minimum atomic E-state index is -1.14. The number of carbonyl (C=O) groups is 1. The Morgan fingerprint density at radius 3 is 2.85 bits per heavy atom. The van der Waals surface area contributed by atoms with E-state index < -0.39 is 14.2 Å². The molecule has 0 saturated heterocycles. The van der Waals surface area contributed by atoms with Gasteiger partial charge in [0, 0.05) is 33.0 Å². The Hall–Kier alpha value is -2.65. The maximum Gasteiger partial charge on any atom is 0.411 e. The Kier molecular flexibility index (Phi) is 5.40. The Bertz CT molecular complexity index is 1270. The zero-order chi connectivity index (χ0) is 24.4. The Morgan fingerprint density at radius 1 is 1.38 bits per heavy atom. The zero-order valence-corrected chi connectivity index (χ0v) is 22.0. The fraction of sp³-hybridized carbons (Fsp3) is 0.560. The van der Waals surface area contributed by atoms with Crippen LogP contribution in [-0.4, -0.2) is 52.7 Å². The molecule has 182 valence electrons. The molecule has 9 heteroatoms. The molecule has 0 unspecified atom stereocenters. The van der Waals surface area contributed by atoms with Gasteiger partial charge in [0.05, 0.1) is 16.7 Å². The molecule has 0 bridgehead atoms. The maximum atomic E-state index is 11.5. The highest BCUT2D eigenvalue weighted by Gasteiger charge is 2.54. The fourth-order valence-corrected chi connectivity index (χ4v) is 5.93. The molecule has 1 saturated carbocycles. The highest BCUT2D eigenvalue weighted by molar-refractivity contribution is 6.76. The number of nitrogens with one attached hydrogen (secondary N) is 1. The highest BCUT2D eigenvalue weighted by atomic mass is 28.3. The summed E-state index contributed by atoms with van der Waals surface area (Å²) in [4.78, 5) is 21.0. The second-order valence-electron chi connectivity index (χ2n) is 11.6. The summed E-state index contributed by atoms with van der Waals surface area (Å²) in [7, 11) is 0.411. The van der Waals surface area contributed by atoms with Crippen LogP contribution in [0.4, 0.5) is 10.5 Å². The number of H-pyrrole nitrogens is 1. The zero-order valence-electron chi connectivity index (χ0n) is 21.0. The number of hydrogen-bond acceptors (Lipinski definition) is 4. The van der Waals surface area contributed by atoms with Gasteiger partial charge in [0.25, 0.3) is 0 Å². The number of amides is 1. The van der Waals surface area contributed by atoms with Crippen molar-refractivity contribution in [3.05, 3.63) is 29.0 Å². The molecule has 34 heavy (non-hydrogen) atoms. The molecule has 2 aliphatic carbocycles. The lowest BCUT2D eigenvalue weighted by molar-refractivity contribution is 0.0757. The number of carboxylic acid groups (broad SMARTS) is 1. The molecule has 8 nitrogen and oxygen atoms in total. The van der Waals surface area contributed by atoms with Gasteiger partial charge in [0.1, 0.15) is 12.4 Å². The van der Waals surface area contributed by atoms with Gasteiger partial charge in [0.15, 0.2) is 5.82 Å². The largest absolute Gasteiger partial charge is 0.465 e. The number of aryl methyl sites for hydroxylation is 1. The maximum absolute atomic E-state index is 11.5. The summed E-state index contributed by atoms with van der Waals surface area (Å²) < 4.78 is 8.13. The topological polar surface area (TPSA) is 96.3 Å². The predicted molar refractivity (Wildman–Crippen MR) is 136 cm³/mol. The molecular weight excluding hydrogens is 446 g/mol. The summed E-state index contributed by atoms with van der Waals surface area (Å²) >= 11 is 0. The molecule has 2 aliphatic rings. The molecule has 1 fully saturated rings. The Labute approximate surface area is 201 Å². The van der Waals surface area contributed by atoms with Crippen LogP contribution in [0.25, 0.3) is 22.6 Å². The number of aromatic nitrogens is 4. The third-order valence-electron chi connectivity index (χ3n) is 7.61. The Morgan fingerprint density at radius 2 is 2.15 bits per heavy atom. The van der Waals surface area contributed by atoms with Crippen LogP contribution in [0.2, 0.25) is 25.7 Å². The number of aromatic amines is 1. The summed E-state index contributed by atoms with van der Waals surface area (Å²) in [5.41, 5.74) is 7.00. The van der Waals surface area contributed by atoms with E-state index in [2.05, 4.69) is 36.2 Å². The van der Waals surface area contributed by atoms with Crippen molar-refractivity contribution in [3.8, 4) is 11.5 Å². The third-order valence-corrected chi connectivity index (χ3v) is 9.31. The third kappa shape index (κ3) is 4.15. The van der Waals surface area contributed by atoms with E-state index in [0.29, 0.717) is 23.8 Å². The minimum Gasteiger partial charge on any atom is -0.465 e. The first-order chi connectivity index (χ1) is 15.9. The summed E-state index contributed by atoms with van der Waals surface area (Å²) in [6.45, 7) is 12.6. The standard InChI is InChI=1S/C25H35N5O3Si/c1-15-9-18-19(11-20(15)29(3)24(31)32)27-23(26-18)22-17-10-16-12-25(16,2)13-21(17)30(28-22)14-33-7-8-34(4,5)6/h9,11,16H,7-8,10,12-14H2,1-6H3,(H,26,27)(H,31,32)/t16-,25-/m1/s1. The number of ether oxygens (including phenoxy) is 1. The lowest BCUT2D eigenvalue weighted by atomic mass is 9.87. The van der Waals surface area contributed by atoms with Crippen LogP contribution in [0.5, 0.6) is 0 Å². The molecule has 2 N–H and O–H groups in total. The van der Waals surface area contributed by atoms with E-state index in [9.17, 15) is 9.90 Å². The highest BCUT2D eigenvalue weighted by Crippen LogP contribution is 2.60. The Balaban J connectivity index is 1.49. The van der Waals surface area contributed by atoms with Gasteiger partial charge < -0.3 is 14.8 Å². The van der Waals surface area contributed by atoms with Crippen LogP contribution in [0.3, 0.4) is 0 Å². The lowest BCUT2D eigenvalue weighted by Crippen LogP contribution is -2.24. The quantitative estimate of drug-likeness (QED) is 0.353. The SMILES string of the molecule is Cc1cc2[nH]c(-c3nn(COCC[Si](C)(C)C)c4c3C[C@@H]3C[C@]3(C)C4)nc2cc1N(C)C(=O)O. The van der Waals surface area contributed by atoms with E-state index in [1.165, 1.54) is 22.6 Å². The van der Waals surface area contributed by atoms with Gasteiger partial charge in [-0.3, -0.25) is 4.90 Å². The van der Waals surface area contributed by atoms with Crippen molar-refractivity contribution in [3.63, 3.8) is 0 Å². The predicted octanol–water partition coefficient (Wildman–Crippen LogP) is 5.29. The lowest BCUT2D eigenvalue weighted by Gasteiger charge is -2.20. The molecule has 0 aliphatic heterocycles. The van der Waals surface area contributed by atoms with Gasteiger partial charge in [-0.25, -0.2) is 14.5 Å². The number of rotatable bonds is 7. The van der Waals surface area contributed by atoms with Crippen LogP contribution in [0.15, 0.2) is 12.1 Å². The van der Waals surface area contributed by atoms with E-state index in [1.54, 1.807) is 7.05 Å². The van der Waals surface area contributed by atoms with Crippen molar-refractivity contribution < 1.29 is 14.6 Å². The summed E-state index contributed by atoms with van der Waals surface area (Å²) in [5, 5.41) is 14.4. The van der Waals surface area contributed by atoms with Crippen LogP contribution in [0.1, 0.15) is 30.2 Å². The first-order valence-corrected chi connectivity index (χ1v) is 15.8. The molecule has 1 aromatic carbocycles. The van der Waals surface area contributed by atoms with E-state index in [-0.39, 0.29) is 0 Å². The normalized spacial score (nSPS) is 21.4. The van der Waals surface area contributed by atoms with Crippen molar-refractivity contribution in [2.24, 2.45) is 11.3 Å². The van der Waals surface area contributed by atoms with Crippen LogP contribution >= 0.6 is 0 Å². The van der Waals surface area contributed by atoms with Crippen LogP contribution in [0, 0.1) is 18.3 Å². The summed E-state index contributed by atoms with van der Waals surface area (Å²) in [6.07, 6.45) is 2.33. The van der Waals surface area contributed by atoms with E-state index in [0.717, 1.165) is 53.6 Å². The van der Waals surface area contributed by atoms with Crippen LogP contribution in [-0.2, 0) is 24.3 Å². The number of anilines is 1. The number of hydrogen-bond donors (Lipinski definition) is 2. The average molecular weight is 482 g/mol. The van der Waals surface area contributed by atoms with Gasteiger partial charge in [-0.2, -0.15) is 5.10 Å². The molecule has 5 rings (SSSR count). The van der Waals surface area contributed by atoms with Crippen molar-refractivity contribution in [1.82, 2.24) is 19.7 Å². The summed E-state index contributed by atoms with van der Waals surface area (Å²) in [5.74, 6) is 1.46. The van der Waals surface area contributed by atoms with Crippen molar-refractivity contribution in [2.75, 3.05) is 18.6 Å². The monoisotopic (exact) mass is 481 g/mol. The molecule has 2 heterocycles. The van der Waals surface area contributed by atoms with Gasteiger partial charge in [-0.1, -0.05) is 26.6 Å². The number of nitrogens with zero attached hydrogens (tertiary/aromatic N) is 4. The van der Waals surface area contributed by atoms with E-state index in [4.69, 9.17) is 14.8 Å². The second-order valence-corrected chi connectivity index (χ2v) is 17.3. The number of benzene rings is 1. The number of fused-ring (bicyclic) bond motifs is 3. The van der Waals surface area contributed by atoms with Gasteiger partial charge in [-0.05, 0) is 61.3 Å². The van der Waals surface area contributed by atoms with Gasteiger partial charge in [0.2, 0.25) is 0 Å². The van der Waals surface area contributed by atoms with E-state index in [1.807, 2.05) is 19.1 Å². The molecule has 0 spiro atoms.